The van der Waals surface area contributed by atoms with Gasteiger partial charge in [0.05, 0.1) is 17.6 Å². The second kappa shape index (κ2) is 7.26. The minimum Gasteiger partial charge on any atom is -0.463 e. The Morgan fingerprint density at radius 1 is 1.11 bits per heavy atom. The van der Waals surface area contributed by atoms with Gasteiger partial charge in [-0.25, -0.2) is 4.79 Å². The molecule has 1 aromatic carbocycles. The second-order valence-electron chi connectivity index (χ2n) is 7.50. The molecule has 6 heteroatoms. The van der Waals surface area contributed by atoms with Crippen molar-refractivity contribution in [3.8, 4) is 5.75 Å². The molecule has 4 unspecified atom stereocenters. The van der Waals surface area contributed by atoms with Gasteiger partial charge in [-0.2, -0.15) is 0 Å². The summed E-state index contributed by atoms with van der Waals surface area (Å²) in [4.78, 5) is 12.8. The van der Waals surface area contributed by atoms with Gasteiger partial charge in [-0.1, -0.05) is 12.1 Å². The van der Waals surface area contributed by atoms with E-state index in [0.717, 1.165) is 44.1 Å². The molecule has 0 radical (unpaired) electrons. The van der Waals surface area contributed by atoms with Crippen LogP contribution in [-0.4, -0.2) is 32.4 Å². The maximum Gasteiger partial charge on any atom is 0.343 e. The fraction of sp³-hybridized carbons (Fsp3) is 0.571. The van der Waals surface area contributed by atoms with E-state index in [1.54, 1.807) is 6.07 Å². The first-order valence-corrected chi connectivity index (χ1v) is 9.88. The van der Waals surface area contributed by atoms with Crippen molar-refractivity contribution >= 4 is 11.0 Å². The van der Waals surface area contributed by atoms with Gasteiger partial charge in [-0.3, -0.25) is 0 Å². The molecular formula is C21H24O6. The number of hydrogen-bond donors (Lipinski definition) is 0. The first-order valence-electron chi connectivity index (χ1n) is 9.88. The van der Waals surface area contributed by atoms with Gasteiger partial charge in [0.15, 0.2) is 6.29 Å². The van der Waals surface area contributed by atoms with E-state index in [1.807, 2.05) is 18.2 Å². The average molecular weight is 372 g/mol. The van der Waals surface area contributed by atoms with Crippen LogP contribution in [0, 0.1) is 5.92 Å². The van der Waals surface area contributed by atoms with Gasteiger partial charge in [0.1, 0.15) is 11.3 Å². The van der Waals surface area contributed by atoms with Crippen molar-refractivity contribution in [3.63, 3.8) is 0 Å². The molecule has 0 spiro atoms. The van der Waals surface area contributed by atoms with Crippen molar-refractivity contribution in [1.82, 2.24) is 0 Å². The van der Waals surface area contributed by atoms with Crippen molar-refractivity contribution in [2.45, 2.75) is 50.6 Å². The van der Waals surface area contributed by atoms with Crippen LogP contribution in [-0.2, 0) is 14.2 Å². The third-order valence-electron chi connectivity index (χ3n) is 5.85. The molecule has 6 nitrogen and oxygen atoms in total. The van der Waals surface area contributed by atoms with Crippen molar-refractivity contribution in [1.29, 1.82) is 0 Å². The quantitative estimate of drug-likeness (QED) is 0.590. The van der Waals surface area contributed by atoms with E-state index in [4.69, 9.17) is 23.4 Å². The van der Waals surface area contributed by atoms with Crippen LogP contribution in [0.5, 0.6) is 5.75 Å². The van der Waals surface area contributed by atoms with Gasteiger partial charge < -0.3 is 23.4 Å². The molecule has 2 aromatic rings. The Bertz CT molecular complexity index is 869. The monoisotopic (exact) mass is 372 g/mol. The molecule has 0 bridgehead atoms. The van der Waals surface area contributed by atoms with Crippen LogP contribution < -0.4 is 10.4 Å². The Kier molecular flexibility index (Phi) is 4.63. The average Bonchev–Trinajstić information content (AvgIpc) is 3.36. The Labute approximate surface area is 157 Å². The highest BCUT2D eigenvalue weighted by Crippen LogP contribution is 2.47. The molecule has 144 valence electrons. The van der Waals surface area contributed by atoms with Gasteiger partial charge in [0, 0.05) is 31.5 Å². The van der Waals surface area contributed by atoms with Crippen LogP contribution in [0.3, 0.4) is 0 Å². The lowest BCUT2D eigenvalue weighted by molar-refractivity contribution is -0.113. The number of hydrogen-bond acceptors (Lipinski definition) is 6. The summed E-state index contributed by atoms with van der Waals surface area (Å²) < 4.78 is 28.9. The van der Waals surface area contributed by atoms with E-state index in [-0.39, 0.29) is 30.0 Å². The Morgan fingerprint density at radius 2 is 2.04 bits per heavy atom. The zero-order valence-electron chi connectivity index (χ0n) is 15.2. The van der Waals surface area contributed by atoms with E-state index < -0.39 is 0 Å². The molecule has 2 saturated heterocycles. The zero-order chi connectivity index (χ0) is 18.2. The molecule has 0 N–H and O–H groups in total. The maximum atomic E-state index is 12.8. The number of ether oxygens (including phenoxy) is 4. The second-order valence-corrected chi connectivity index (χ2v) is 7.50. The first kappa shape index (κ1) is 17.2. The summed E-state index contributed by atoms with van der Waals surface area (Å²) in [6, 6.07) is 7.52. The zero-order valence-corrected chi connectivity index (χ0v) is 15.2. The van der Waals surface area contributed by atoms with Gasteiger partial charge in [0.2, 0.25) is 6.29 Å². The molecular weight excluding hydrogens is 348 g/mol. The summed E-state index contributed by atoms with van der Waals surface area (Å²) in [7, 11) is 0. The Hall–Kier alpha value is -1.89. The third-order valence-corrected chi connectivity index (χ3v) is 5.85. The van der Waals surface area contributed by atoms with E-state index in [9.17, 15) is 4.79 Å². The number of para-hydroxylation sites is 1. The van der Waals surface area contributed by atoms with E-state index in [1.165, 1.54) is 0 Å². The highest BCUT2D eigenvalue weighted by Gasteiger charge is 2.44. The Balaban J connectivity index is 1.42. The Morgan fingerprint density at radius 3 is 2.93 bits per heavy atom. The largest absolute Gasteiger partial charge is 0.463 e. The smallest absolute Gasteiger partial charge is 0.343 e. The predicted molar refractivity (Wildman–Crippen MR) is 97.9 cm³/mol. The molecule has 5 rings (SSSR count). The topological polar surface area (TPSA) is 67.1 Å². The van der Waals surface area contributed by atoms with E-state index in [0.29, 0.717) is 30.1 Å². The number of benzene rings is 1. The van der Waals surface area contributed by atoms with Crippen LogP contribution in [0.25, 0.3) is 11.0 Å². The normalized spacial score (nSPS) is 29.5. The number of rotatable bonds is 5. The summed E-state index contributed by atoms with van der Waals surface area (Å²) in [6.07, 6.45) is 4.28. The highest BCUT2D eigenvalue weighted by molar-refractivity contribution is 5.84. The fourth-order valence-electron chi connectivity index (χ4n) is 4.56. The molecule has 1 aromatic heterocycles. The van der Waals surface area contributed by atoms with Crippen LogP contribution in [0.15, 0.2) is 33.5 Å². The molecule has 2 fully saturated rings. The minimum atomic E-state index is -0.293. The molecule has 4 heterocycles. The summed E-state index contributed by atoms with van der Waals surface area (Å²) in [5.41, 5.74) is 0.926. The first-order chi connectivity index (χ1) is 13.3. The van der Waals surface area contributed by atoms with Gasteiger partial charge in [-0.15, -0.1) is 0 Å². The standard InChI is InChI=1S/C21H24O6/c22-20-18-13(6-3-10-23-17-8-4-11-24-17)14-9-12-25-21(14)27-19(18)15-5-1-2-7-16(15)26-20/h1-2,5,7,13-14,17,21H,3-4,6,8-12H2. The minimum absolute atomic E-state index is 0.0650. The molecule has 3 aliphatic heterocycles. The molecule has 0 amide bonds. The molecule has 4 atom stereocenters. The summed E-state index contributed by atoms with van der Waals surface area (Å²) in [6.45, 7) is 2.08. The lowest BCUT2D eigenvalue weighted by Gasteiger charge is -2.34. The van der Waals surface area contributed by atoms with Gasteiger partial charge in [-0.05, 0) is 37.8 Å². The van der Waals surface area contributed by atoms with Crippen molar-refractivity contribution in [2.75, 3.05) is 19.8 Å². The van der Waals surface area contributed by atoms with Crippen LogP contribution >= 0.6 is 0 Å². The SMILES string of the molecule is O=c1oc2ccccc2c2c1C(CCCOC1CCCO1)C1CCOC1O2. The lowest BCUT2D eigenvalue weighted by Crippen LogP contribution is -2.36. The van der Waals surface area contributed by atoms with Crippen LogP contribution in [0.1, 0.15) is 43.6 Å². The molecule has 3 aliphatic rings. The van der Waals surface area contributed by atoms with E-state index in [2.05, 4.69) is 0 Å². The molecule has 0 saturated carbocycles. The van der Waals surface area contributed by atoms with Crippen LogP contribution in [0.2, 0.25) is 0 Å². The molecule has 0 aliphatic carbocycles. The predicted octanol–water partition coefficient (Wildman–Crippen LogP) is 3.56. The van der Waals surface area contributed by atoms with E-state index >= 15 is 0 Å². The highest BCUT2D eigenvalue weighted by atomic mass is 16.7. The molecule has 27 heavy (non-hydrogen) atoms. The maximum absolute atomic E-state index is 12.8. The number of fused-ring (bicyclic) bond motifs is 4. The third kappa shape index (κ3) is 3.16. The lowest BCUT2D eigenvalue weighted by atomic mass is 9.79. The van der Waals surface area contributed by atoms with Crippen molar-refractivity contribution in [2.24, 2.45) is 5.92 Å². The summed E-state index contributed by atoms with van der Waals surface area (Å²) in [5.74, 6) is 0.884. The van der Waals surface area contributed by atoms with Gasteiger partial charge >= 0.3 is 5.63 Å². The van der Waals surface area contributed by atoms with Gasteiger partial charge in [0.25, 0.3) is 0 Å². The fourth-order valence-corrected chi connectivity index (χ4v) is 4.56. The van der Waals surface area contributed by atoms with Crippen molar-refractivity contribution < 1.29 is 23.4 Å². The van der Waals surface area contributed by atoms with Crippen molar-refractivity contribution in [3.05, 3.63) is 40.2 Å². The summed E-state index contributed by atoms with van der Waals surface area (Å²) in [5, 5.41) is 0.835. The van der Waals surface area contributed by atoms with Crippen LogP contribution in [0.4, 0.5) is 0 Å². The summed E-state index contributed by atoms with van der Waals surface area (Å²) >= 11 is 0.